The van der Waals surface area contributed by atoms with E-state index in [0.717, 1.165) is 18.8 Å². The molecule has 60 valence electrons. The SMILES string of the molecule is CC1(c2nn[nH]n2)CCCN1. The number of aromatic nitrogens is 4. The first-order valence-corrected chi connectivity index (χ1v) is 3.80. The Bertz CT molecular complexity index is 223. The van der Waals surface area contributed by atoms with Crippen LogP contribution in [0.3, 0.4) is 0 Å². The first-order valence-electron chi connectivity index (χ1n) is 3.80. The van der Waals surface area contributed by atoms with Gasteiger partial charge < -0.3 is 5.32 Å². The summed E-state index contributed by atoms with van der Waals surface area (Å²) in [5.41, 5.74) is -0.0486. The van der Waals surface area contributed by atoms with E-state index >= 15 is 0 Å². The van der Waals surface area contributed by atoms with E-state index in [1.54, 1.807) is 0 Å². The van der Waals surface area contributed by atoms with Crippen molar-refractivity contribution in [3.63, 3.8) is 0 Å². The molecule has 5 heteroatoms. The molecule has 1 fully saturated rings. The summed E-state index contributed by atoms with van der Waals surface area (Å²) in [6, 6.07) is 0. The first kappa shape index (κ1) is 6.72. The smallest absolute Gasteiger partial charge is 0.194 e. The predicted molar refractivity (Wildman–Crippen MR) is 38.8 cm³/mol. The third-order valence-corrected chi connectivity index (χ3v) is 2.21. The molecular formula is C6H11N5. The largest absolute Gasteiger partial charge is 0.305 e. The summed E-state index contributed by atoms with van der Waals surface area (Å²) < 4.78 is 0. The lowest BCUT2D eigenvalue weighted by Crippen LogP contribution is -2.34. The van der Waals surface area contributed by atoms with Crippen LogP contribution in [0.1, 0.15) is 25.6 Å². The number of nitrogens with zero attached hydrogens (tertiary/aromatic N) is 3. The maximum atomic E-state index is 3.96. The first-order chi connectivity index (χ1) is 5.31. The van der Waals surface area contributed by atoms with Crippen molar-refractivity contribution in [3.05, 3.63) is 5.82 Å². The van der Waals surface area contributed by atoms with E-state index in [-0.39, 0.29) is 5.54 Å². The van der Waals surface area contributed by atoms with Crippen LogP contribution in [0.15, 0.2) is 0 Å². The average molecular weight is 153 g/mol. The third kappa shape index (κ3) is 1.01. The number of tetrazole rings is 1. The van der Waals surface area contributed by atoms with Crippen LogP contribution < -0.4 is 5.32 Å². The molecule has 0 aromatic carbocycles. The Morgan fingerprint density at radius 3 is 3.00 bits per heavy atom. The lowest BCUT2D eigenvalue weighted by molar-refractivity contribution is 0.407. The fourth-order valence-corrected chi connectivity index (χ4v) is 1.48. The van der Waals surface area contributed by atoms with Gasteiger partial charge in [0.05, 0.1) is 5.54 Å². The van der Waals surface area contributed by atoms with Crippen LogP contribution in [0, 0.1) is 0 Å². The Balaban J connectivity index is 2.27. The highest BCUT2D eigenvalue weighted by molar-refractivity contribution is 5.03. The van der Waals surface area contributed by atoms with Crippen molar-refractivity contribution in [1.82, 2.24) is 25.9 Å². The highest BCUT2D eigenvalue weighted by Gasteiger charge is 2.33. The second-order valence-corrected chi connectivity index (χ2v) is 3.10. The molecular weight excluding hydrogens is 142 g/mol. The van der Waals surface area contributed by atoms with Crippen LogP contribution >= 0.6 is 0 Å². The van der Waals surface area contributed by atoms with E-state index in [1.807, 2.05) is 0 Å². The van der Waals surface area contributed by atoms with Gasteiger partial charge in [-0.25, -0.2) is 0 Å². The van der Waals surface area contributed by atoms with E-state index < -0.39 is 0 Å². The van der Waals surface area contributed by atoms with Crippen LogP contribution in [-0.2, 0) is 5.54 Å². The van der Waals surface area contributed by atoms with Gasteiger partial charge in [0.25, 0.3) is 0 Å². The molecule has 0 saturated carbocycles. The summed E-state index contributed by atoms with van der Waals surface area (Å²) in [6.45, 7) is 3.15. The number of hydrogen-bond acceptors (Lipinski definition) is 4. The van der Waals surface area contributed by atoms with E-state index in [4.69, 9.17) is 0 Å². The molecule has 2 heterocycles. The van der Waals surface area contributed by atoms with Gasteiger partial charge in [0.1, 0.15) is 0 Å². The molecule has 2 rings (SSSR count). The van der Waals surface area contributed by atoms with Crippen molar-refractivity contribution < 1.29 is 0 Å². The Morgan fingerprint density at radius 1 is 1.55 bits per heavy atom. The Hall–Kier alpha value is -0.970. The van der Waals surface area contributed by atoms with Gasteiger partial charge in [-0.3, -0.25) is 0 Å². The van der Waals surface area contributed by atoms with Gasteiger partial charge in [-0.1, -0.05) is 5.21 Å². The van der Waals surface area contributed by atoms with Crippen LogP contribution in [0.25, 0.3) is 0 Å². The quantitative estimate of drug-likeness (QED) is 0.586. The lowest BCUT2D eigenvalue weighted by Gasteiger charge is -2.18. The highest BCUT2D eigenvalue weighted by atomic mass is 15.5. The minimum absolute atomic E-state index is 0.0486. The summed E-state index contributed by atoms with van der Waals surface area (Å²) >= 11 is 0. The molecule has 11 heavy (non-hydrogen) atoms. The molecule has 0 spiro atoms. The van der Waals surface area contributed by atoms with Crippen molar-refractivity contribution in [3.8, 4) is 0 Å². The second kappa shape index (κ2) is 2.27. The molecule has 2 N–H and O–H groups in total. The Kier molecular flexibility index (Phi) is 1.38. The summed E-state index contributed by atoms with van der Waals surface area (Å²) in [5, 5.41) is 17.3. The maximum absolute atomic E-state index is 3.96. The monoisotopic (exact) mass is 153 g/mol. The van der Waals surface area contributed by atoms with Gasteiger partial charge >= 0.3 is 0 Å². The van der Waals surface area contributed by atoms with Gasteiger partial charge in [-0.2, -0.15) is 5.21 Å². The molecule has 1 unspecified atom stereocenters. The topological polar surface area (TPSA) is 66.5 Å². The third-order valence-electron chi connectivity index (χ3n) is 2.21. The lowest BCUT2D eigenvalue weighted by atomic mass is 10.0. The van der Waals surface area contributed by atoms with Crippen molar-refractivity contribution in [2.24, 2.45) is 0 Å². The van der Waals surface area contributed by atoms with Gasteiger partial charge in [-0.05, 0) is 26.3 Å². The summed E-state index contributed by atoms with van der Waals surface area (Å²) in [7, 11) is 0. The molecule has 0 amide bonds. The Morgan fingerprint density at radius 2 is 2.45 bits per heavy atom. The van der Waals surface area contributed by atoms with Gasteiger partial charge in [0, 0.05) is 0 Å². The minimum atomic E-state index is -0.0486. The number of nitrogens with one attached hydrogen (secondary N) is 2. The molecule has 1 aromatic rings. The molecule has 1 atom stereocenters. The Labute approximate surface area is 64.6 Å². The van der Waals surface area contributed by atoms with Crippen LogP contribution in [-0.4, -0.2) is 27.2 Å². The van der Waals surface area contributed by atoms with E-state index in [1.165, 1.54) is 6.42 Å². The van der Waals surface area contributed by atoms with E-state index in [2.05, 4.69) is 32.9 Å². The summed E-state index contributed by atoms with van der Waals surface area (Å²) in [5.74, 6) is 0.773. The highest BCUT2D eigenvalue weighted by Crippen LogP contribution is 2.26. The molecule has 0 aliphatic carbocycles. The molecule has 1 saturated heterocycles. The minimum Gasteiger partial charge on any atom is -0.305 e. The summed E-state index contributed by atoms with van der Waals surface area (Å²) in [4.78, 5) is 0. The maximum Gasteiger partial charge on any atom is 0.194 e. The summed E-state index contributed by atoms with van der Waals surface area (Å²) in [6.07, 6.45) is 2.28. The standard InChI is InChI=1S/C6H11N5/c1-6(3-2-4-7-6)5-8-10-11-9-5/h7H,2-4H2,1H3,(H,8,9,10,11). The zero-order chi connectivity index (χ0) is 7.73. The molecule has 0 radical (unpaired) electrons. The average Bonchev–Trinajstić information content (AvgIpc) is 2.55. The zero-order valence-corrected chi connectivity index (χ0v) is 6.46. The number of H-pyrrole nitrogens is 1. The van der Waals surface area contributed by atoms with Crippen molar-refractivity contribution in [1.29, 1.82) is 0 Å². The number of rotatable bonds is 1. The molecule has 1 aromatic heterocycles. The molecule has 1 aliphatic rings. The van der Waals surface area contributed by atoms with Crippen molar-refractivity contribution >= 4 is 0 Å². The van der Waals surface area contributed by atoms with Gasteiger partial charge in [0.15, 0.2) is 5.82 Å². The fraction of sp³-hybridized carbons (Fsp3) is 0.833. The van der Waals surface area contributed by atoms with Gasteiger partial charge in [0.2, 0.25) is 0 Å². The second-order valence-electron chi connectivity index (χ2n) is 3.10. The molecule has 0 bridgehead atoms. The molecule has 1 aliphatic heterocycles. The number of hydrogen-bond donors (Lipinski definition) is 2. The van der Waals surface area contributed by atoms with Crippen LogP contribution in [0.5, 0.6) is 0 Å². The predicted octanol–water partition coefficient (Wildman–Crippen LogP) is -0.202. The van der Waals surface area contributed by atoms with E-state index in [0.29, 0.717) is 0 Å². The fourth-order valence-electron chi connectivity index (χ4n) is 1.48. The zero-order valence-electron chi connectivity index (χ0n) is 6.46. The normalized spacial score (nSPS) is 31.0. The van der Waals surface area contributed by atoms with Crippen molar-refractivity contribution in [2.45, 2.75) is 25.3 Å². The van der Waals surface area contributed by atoms with Gasteiger partial charge in [-0.15, -0.1) is 10.2 Å². The van der Waals surface area contributed by atoms with Crippen molar-refractivity contribution in [2.75, 3.05) is 6.54 Å². The molecule has 5 nitrogen and oxygen atoms in total. The van der Waals surface area contributed by atoms with E-state index in [9.17, 15) is 0 Å². The van der Waals surface area contributed by atoms with Crippen LogP contribution in [0.4, 0.5) is 0 Å². The van der Waals surface area contributed by atoms with Crippen LogP contribution in [0.2, 0.25) is 0 Å². The number of aromatic amines is 1.